The number of aryl methyl sites for hydroxylation is 1. The molecule has 0 saturated heterocycles. The molecule has 5 nitrogen and oxygen atoms in total. The molecule has 0 saturated carbocycles. The van der Waals surface area contributed by atoms with Gasteiger partial charge in [0.2, 0.25) is 5.91 Å². The summed E-state index contributed by atoms with van der Waals surface area (Å²) in [6.07, 6.45) is 0. The SMILES string of the molecule is Cc1cc(-c2ccccc2)nc(SCC(=O)N[C@H](C)c2cc3ccccc3o2)n1. The number of fused-ring (bicyclic) bond motifs is 1. The zero-order chi connectivity index (χ0) is 20.2. The summed E-state index contributed by atoms with van der Waals surface area (Å²) in [5, 5.41) is 4.60. The van der Waals surface area contributed by atoms with E-state index in [1.807, 2.05) is 80.6 Å². The van der Waals surface area contributed by atoms with Crippen molar-refractivity contribution < 1.29 is 9.21 Å². The van der Waals surface area contributed by atoms with Gasteiger partial charge in [0, 0.05) is 16.6 Å². The van der Waals surface area contributed by atoms with Gasteiger partial charge in [-0.25, -0.2) is 9.97 Å². The van der Waals surface area contributed by atoms with Crippen molar-refractivity contribution in [1.29, 1.82) is 0 Å². The molecular formula is C23H21N3O2S. The second kappa shape index (κ2) is 8.49. The highest BCUT2D eigenvalue weighted by Gasteiger charge is 2.15. The Morgan fingerprint density at radius 1 is 1.07 bits per heavy atom. The van der Waals surface area contributed by atoms with E-state index >= 15 is 0 Å². The number of furan rings is 1. The lowest BCUT2D eigenvalue weighted by Gasteiger charge is -2.11. The molecule has 2 aromatic heterocycles. The highest BCUT2D eigenvalue weighted by molar-refractivity contribution is 7.99. The molecule has 6 heteroatoms. The number of hydrogen-bond acceptors (Lipinski definition) is 5. The molecule has 0 fully saturated rings. The minimum atomic E-state index is -0.214. The summed E-state index contributed by atoms with van der Waals surface area (Å²) in [4.78, 5) is 21.5. The Kier molecular flexibility index (Phi) is 5.62. The van der Waals surface area contributed by atoms with Crippen LogP contribution >= 0.6 is 11.8 Å². The van der Waals surface area contributed by atoms with E-state index in [2.05, 4.69) is 15.3 Å². The van der Waals surface area contributed by atoms with Crippen LogP contribution in [0.15, 0.2) is 76.3 Å². The van der Waals surface area contributed by atoms with Gasteiger partial charge in [-0.2, -0.15) is 0 Å². The number of aromatic nitrogens is 2. The van der Waals surface area contributed by atoms with Crippen LogP contribution in [0.2, 0.25) is 0 Å². The topological polar surface area (TPSA) is 68.0 Å². The maximum atomic E-state index is 12.4. The van der Waals surface area contributed by atoms with E-state index in [0.717, 1.165) is 33.7 Å². The summed E-state index contributed by atoms with van der Waals surface area (Å²) < 4.78 is 5.83. The lowest BCUT2D eigenvalue weighted by atomic mass is 10.1. The predicted octanol–water partition coefficient (Wildman–Crippen LogP) is 5.17. The molecule has 0 aliphatic heterocycles. The molecule has 2 aromatic carbocycles. The van der Waals surface area contributed by atoms with Crippen molar-refractivity contribution in [1.82, 2.24) is 15.3 Å². The maximum absolute atomic E-state index is 12.4. The summed E-state index contributed by atoms with van der Waals surface area (Å²) in [7, 11) is 0. The minimum Gasteiger partial charge on any atom is -0.459 e. The van der Waals surface area contributed by atoms with E-state index in [1.165, 1.54) is 11.8 Å². The molecule has 4 aromatic rings. The van der Waals surface area contributed by atoms with Crippen LogP contribution in [0.3, 0.4) is 0 Å². The number of rotatable bonds is 6. The Morgan fingerprint density at radius 3 is 2.62 bits per heavy atom. The fraction of sp³-hybridized carbons (Fsp3) is 0.174. The first kappa shape index (κ1) is 19.2. The van der Waals surface area contributed by atoms with E-state index < -0.39 is 0 Å². The third-order valence-corrected chi connectivity index (χ3v) is 5.33. The summed E-state index contributed by atoms with van der Waals surface area (Å²) in [6.45, 7) is 3.85. The number of nitrogens with zero attached hydrogens (tertiary/aromatic N) is 2. The Bertz CT molecular complexity index is 1110. The molecule has 1 atom stereocenters. The summed E-state index contributed by atoms with van der Waals surface area (Å²) in [5.74, 6) is 0.888. The Labute approximate surface area is 173 Å². The Hall–Kier alpha value is -3.12. The highest BCUT2D eigenvalue weighted by Crippen LogP contribution is 2.24. The number of benzene rings is 2. The molecule has 146 valence electrons. The van der Waals surface area contributed by atoms with Crippen molar-refractivity contribution in [3.05, 3.63) is 78.2 Å². The van der Waals surface area contributed by atoms with E-state index in [-0.39, 0.29) is 17.7 Å². The number of nitrogens with one attached hydrogen (secondary N) is 1. The van der Waals surface area contributed by atoms with Gasteiger partial charge >= 0.3 is 0 Å². The molecular weight excluding hydrogens is 382 g/mol. The zero-order valence-corrected chi connectivity index (χ0v) is 17.1. The van der Waals surface area contributed by atoms with Crippen molar-refractivity contribution in [2.45, 2.75) is 25.0 Å². The molecule has 0 unspecified atom stereocenters. The largest absolute Gasteiger partial charge is 0.459 e. The monoisotopic (exact) mass is 403 g/mol. The number of hydrogen-bond donors (Lipinski definition) is 1. The molecule has 1 N–H and O–H groups in total. The van der Waals surface area contributed by atoms with Crippen LogP contribution < -0.4 is 5.32 Å². The quantitative estimate of drug-likeness (QED) is 0.355. The van der Waals surface area contributed by atoms with Gasteiger partial charge in [0.15, 0.2) is 5.16 Å². The van der Waals surface area contributed by atoms with Gasteiger partial charge in [-0.05, 0) is 32.0 Å². The number of para-hydroxylation sites is 1. The van der Waals surface area contributed by atoms with Crippen LogP contribution in [-0.4, -0.2) is 21.6 Å². The molecule has 0 aliphatic carbocycles. The third-order valence-electron chi connectivity index (χ3n) is 4.48. The van der Waals surface area contributed by atoms with Crippen LogP contribution in [0.1, 0.15) is 24.4 Å². The second-order valence-electron chi connectivity index (χ2n) is 6.81. The van der Waals surface area contributed by atoms with E-state index in [1.54, 1.807) is 0 Å². The maximum Gasteiger partial charge on any atom is 0.231 e. The summed E-state index contributed by atoms with van der Waals surface area (Å²) >= 11 is 1.33. The molecule has 0 bridgehead atoms. The lowest BCUT2D eigenvalue weighted by Crippen LogP contribution is -2.28. The van der Waals surface area contributed by atoms with Crippen molar-refractivity contribution >= 4 is 28.6 Å². The Balaban J connectivity index is 1.40. The minimum absolute atomic E-state index is 0.0886. The summed E-state index contributed by atoms with van der Waals surface area (Å²) in [5.41, 5.74) is 3.58. The number of carbonyl (C=O) groups is 1. The van der Waals surface area contributed by atoms with Gasteiger partial charge < -0.3 is 9.73 Å². The fourth-order valence-electron chi connectivity index (χ4n) is 3.06. The van der Waals surface area contributed by atoms with Crippen LogP contribution in [0.4, 0.5) is 0 Å². The smallest absolute Gasteiger partial charge is 0.231 e. The van der Waals surface area contributed by atoms with Crippen molar-refractivity contribution in [3.63, 3.8) is 0 Å². The molecule has 0 radical (unpaired) electrons. The molecule has 2 heterocycles. The first-order valence-electron chi connectivity index (χ1n) is 9.40. The van der Waals surface area contributed by atoms with Crippen molar-refractivity contribution in [2.75, 3.05) is 5.75 Å². The molecule has 1 amide bonds. The van der Waals surface area contributed by atoms with Gasteiger partial charge in [0.25, 0.3) is 0 Å². The molecule has 4 rings (SSSR count). The number of amides is 1. The van der Waals surface area contributed by atoms with Gasteiger partial charge in [-0.1, -0.05) is 60.3 Å². The van der Waals surface area contributed by atoms with E-state index in [4.69, 9.17) is 4.42 Å². The van der Waals surface area contributed by atoms with Crippen LogP contribution in [-0.2, 0) is 4.79 Å². The predicted molar refractivity (Wildman–Crippen MR) is 116 cm³/mol. The molecule has 0 aliphatic rings. The van der Waals surface area contributed by atoms with Crippen LogP contribution in [0.25, 0.3) is 22.2 Å². The first-order chi connectivity index (χ1) is 14.1. The second-order valence-corrected chi connectivity index (χ2v) is 7.75. The molecule has 29 heavy (non-hydrogen) atoms. The average Bonchev–Trinajstić information content (AvgIpc) is 3.17. The van der Waals surface area contributed by atoms with Gasteiger partial charge in [-0.15, -0.1) is 0 Å². The number of carbonyl (C=O) groups excluding carboxylic acids is 1. The highest BCUT2D eigenvalue weighted by atomic mass is 32.2. The van der Waals surface area contributed by atoms with Gasteiger partial charge in [0.05, 0.1) is 17.5 Å². The lowest BCUT2D eigenvalue weighted by molar-refractivity contribution is -0.119. The van der Waals surface area contributed by atoms with E-state index in [0.29, 0.717) is 5.16 Å². The van der Waals surface area contributed by atoms with Crippen LogP contribution in [0.5, 0.6) is 0 Å². The van der Waals surface area contributed by atoms with Gasteiger partial charge in [-0.3, -0.25) is 4.79 Å². The first-order valence-corrected chi connectivity index (χ1v) is 10.4. The average molecular weight is 404 g/mol. The number of thioether (sulfide) groups is 1. The zero-order valence-electron chi connectivity index (χ0n) is 16.3. The van der Waals surface area contributed by atoms with Crippen molar-refractivity contribution in [3.8, 4) is 11.3 Å². The van der Waals surface area contributed by atoms with Crippen LogP contribution in [0, 0.1) is 6.92 Å². The normalized spacial score (nSPS) is 12.1. The standard InChI is InChI=1S/C23H21N3O2S/c1-15-12-19(17-8-4-3-5-9-17)26-23(24-15)29-14-22(27)25-16(2)21-13-18-10-6-7-11-20(18)28-21/h3-13,16H,14H2,1-2H3,(H,25,27)/t16-/m1/s1. The van der Waals surface area contributed by atoms with E-state index in [9.17, 15) is 4.79 Å². The van der Waals surface area contributed by atoms with Gasteiger partial charge in [0.1, 0.15) is 11.3 Å². The Morgan fingerprint density at radius 2 is 1.83 bits per heavy atom. The van der Waals surface area contributed by atoms with Crippen molar-refractivity contribution in [2.24, 2.45) is 0 Å². The fourth-order valence-corrected chi connectivity index (χ4v) is 3.78. The summed E-state index contributed by atoms with van der Waals surface area (Å²) in [6, 6.07) is 21.5. The third kappa shape index (κ3) is 4.66. The molecule has 0 spiro atoms.